The highest BCUT2D eigenvalue weighted by atomic mass is 32.2. The van der Waals surface area contributed by atoms with Gasteiger partial charge in [0.1, 0.15) is 18.1 Å². The molecule has 6 nitrogen and oxygen atoms in total. The topological polar surface area (TPSA) is 90.6 Å². The van der Waals surface area contributed by atoms with E-state index in [1.165, 1.54) is 12.1 Å². The van der Waals surface area contributed by atoms with Crippen LogP contribution >= 0.6 is 0 Å². The monoisotopic (exact) mass is 378 g/mol. The lowest BCUT2D eigenvalue weighted by Crippen LogP contribution is -2.28. The second-order valence-electron chi connectivity index (χ2n) is 6.93. The molecule has 0 spiro atoms. The third kappa shape index (κ3) is 5.12. The average molecular weight is 378 g/mol. The normalized spacial score (nSPS) is 12.0. The summed E-state index contributed by atoms with van der Waals surface area (Å²) >= 11 is 0. The van der Waals surface area contributed by atoms with Gasteiger partial charge in [-0.1, -0.05) is 20.8 Å². The molecule has 142 valence electrons. The van der Waals surface area contributed by atoms with Gasteiger partial charge in [-0.15, -0.1) is 0 Å². The fourth-order valence-corrected chi connectivity index (χ4v) is 3.43. The Morgan fingerprint density at radius 1 is 1.08 bits per heavy atom. The number of nitrogens with one attached hydrogen (secondary N) is 1. The van der Waals surface area contributed by atoms with Crippen molar-refractivity contribution in [1.82, 2.24) is 4.72 Å². The van der Waals surface area contributed by atoms with Crippen LogP contribution in [0.2, 0.25) is 0 Å². The molecule has 26 heavy (non-hydrogen) atoms. The van der Waals surface area contributed by atoms with Crippen LogP contribution in [0, 0.1) is 0 Å². The summed E-state index contributed by atoms with van der Waals surface area (Å²) < 4.78 is 38.1. The summed E-state index contributed by atoms with van der Waals surface area (Å²) in [5, 5.41) is 0. The molecule has 0 heterocycles. The van der Waals surface area contributed by atoms with Crippen molar-refractivity contribution in [1.29, 1.82) is 0 Å². The van der Waals surface area contributed by atoms with E-state index in [4.69, 9.17) is 15.2 Å². The number of anilines is 1. The van der Waals surface area contributed by atoms with Crippen LogP contribution in [0.4, 0.5) is 5.69 Å². The Morgan fingerprint density at radius 3 is 2.31 bits per heavy atom. The molecule has 0 unspecified atom stereocenters. The van der Waals surface area contributed by atoms with E-state index in [0.717, 1.165) is 11.3 Å². The van der Waals surface area contributed by atoms with Crippen LogP contribution in [0.3, 0.4) is 0 Å². The first-order valence-corrected chi connectivity index (χ1v) is 9.78. The quantitative estimate of drug-likeness (QED) is 0.571. The molecule has 2 rings (SSSR count). The van der Waals surface area contributed by atoms with Gasteiger partial charge < -0.3 is 15.2 Å². The van der Waals surface area contributed by atoms with Gasteiger partial charge in [0, 0.05) is 17.8 Å². The highest BCUT2D eigenvalue weighted by Gasteiger charge is 2.20. The van der Waals surface area contributed by atoms with Crippen molar-refractivity contribution in [3.8, 4) is 11.5 Å². The molecule has 2 aromatic carbocycles. The number of sulfonamides is 1. The average Bonchev–Trinajstić information content (AvgIpc) is 2.58. The Morgan fingerprint density at radius 2 is 1.73 bits per heavy atom. The van der Waals surface area contributed by atoms with E-state index in [0.29, 0.717) is 11.4 Å². The number of methoxy groups -OCH3 is 1. The van der Waals surface area contributed by atoms with Gasteiger partial charge in [0.15, 0.2) is 0 Å². The van der Waals surface area contributed by atoms with Crippen molar-refractivity contribution in [3.05, 3.63) is 48.0 Å². The van der Waals surface area contributed by atoms with E-state index in [9.17, 15) is 8.42 Å². The molecule has 0 aliphatic heterocycles. The van der Waals surface area contributed by atoms with Crippen molar-refractivity contribution < 1.29 is 17.9 Å². The fraction of sp³-hybridized carbons (Fsp3) is 0.368. The molecule has 0 bridgehead atoms. The molecular formula is C19H26N2O4S. The maximum Gasteiger partial charge on any atom is 0.240 e. The molecule has 0 saturated carbocycles. The van der Waals surface area contributed by atoms with E-state index in [1.54, 1.807) is 19.2 Å². The summed E-state index contributed by atoms with van der Waals surface area (Å²) in [6.07, 6.45) is 0. The van der Waals surface area contributed by atoms with E-state index in [-0.39, 0.29) is 23.5 Å². The Bertz CT molecular complexity index is 841. The van der Waals surface area contributed by atoms with Crippen molar-refractivity contribution in [2.75, 3.05) is 26.0 Å². The van der Waals surface area contributed by atoms with E-state index in [2.05, 4.69) is 25.5 Å². The number of nitrogens with two attached hydrogens (primary N) is 1. The minimum Gasteiger partial charge on any atom is -0.497 e. The minimum atomic E-state index is -3.59. The highest BCUT2D eigenvalue weighted by molar-refractivity contribution is 7.89. The second kappa shape index (κ2) is 7.97. The van der Waals surface area contributed by atoms with Crippen LogP contribution in [0.1, 0.15) is 26.3 Å². The molecule has 0 aliphatic rings. The van der Waals surface area contributed by atoms with Crippen LogP contribution in [0.25, 0.3) is 0 Å². The Balaban J connectivity index is 2.01. The molecule has 2 aromatic rings. The molecule has 0 aromatic heterocycles. The molecule has 0 fully saturated rings. The minimum absolute atomic E-state index is 0.132. The maximum atomic E-state index is 12.2. The summed E-state index contributed by atoms with van der Waals surface area (Å²) in [4.78, 5) is 0.173. The first-order valence-electron chi connectivity index (χ1n) is 8.30. The zero-order valence-electron chi connectivity index (χ0n) is 15.6. The summed E-state index contributed by atoms with van der Waals surface area (Å²) in [5.74, 6) is 1.47. The van der Waals surface area contributed by atoms with Crippen molar-refractivity contribution in [3.63, 3.8) is 0 Å². The second-order valence-corrected chi connectivity index (χ2v) is 8.69. The maximum absolute atomic E-state index is 12.2. The number of rotatable bonds is 7. The highest BCUT2D eigenvalue weighted by Crippen LogP contribution is 2.34. The number of ether oxygens (including phenoxy) is 2. The van der Waals surface area contributed by atoms with Crippen LogP contribution in [0.15, 0.2) is 47.4 Å². The Labute approximate surface area is 155 Å². The third-order valence-corrected chi connectivity index (χ3v) is 5.31. The first kappa shape index (κ1) is 20.1. The van der Waals surface area contributed by atoms with Crippen LogP contribution in [-0.2, 0) is 15.4 Å². The van der Waals surface area contributed by atoms with Gasteiger partial charge in [-0.2, -0.15) is 0 Å². The van der Waals surface area contributed by atoms with Gasteiger partial charge in [0.2, 0.25) is 10.0 Å². The lowest BCUT2D eigenvalue weighted by atomic mass is 9.86. The van der Waals surface area contributed by atoms with E-state index >= 15 is 0 Å². The largest absolute Gasteiger partial charge is 0.497 e. The smallest absolute Gasteiger partial charge is 0.240 e. The zero-order chi connectivity index (χ0) is 19.4. The Kier molecular flexibility index (Phi) is 6.15. The van der Waals surface area contributed by atoms with Crippen LogP contribution < -0.4 is 19.9 Å². The summed E-state index contributed by atoms with van der Waals surface area (Å²) in [6.45, 7) is 6.61. The van der Waals surface area contributed by atoms with Crippen LogP contribution in [-0.4, -0.2) is 28.7 Å². The van der Waals surface area contributed by atoms with Gasteiger partial charge in [-0.3, -0.25) is 0 Å². The zero-order valence-corrected chi connectivity index (χ0v) is 16.4. The summed E-state index contributed by atoms with van der Waals surface area (Å²) in [5.41, 5.74) is 6.96. The molecule has 0 radical (unpaired) electrons. The Hall–Kier alpha value is -2.25. The van der Waals surface area contributed by atoms with Gasteiger partial charge in [0.25, 0.3) is 0 Å². The summed E-state index contributed by atoms with van der Waals surface area (Å²) in [6, 6.07) is 11.7. The number of hydrogen-bond donors (Lipinski definition) is 2. The number of nitrogen functional groups attached to an aromatic ring is 1. The lowest BCUT2D eigenvalue weighted by molar-refractivity contribution is 0.312. The molecule has 0 amide bonds. The van der Waals surface area contributed by atoms with E-state index < -0.39 is 10.0 Å². The summed E-state index contributed by atoms with van der Waals surface area (Å²) in [7, 11) is -1.97. The van der Waals surface area contributed by atoms with E-state index in [1.807, 2.05) is 18.2 Å². The fourth-order valence-electron chi connectivity index (χ4n) is 2.42. The van der Waals surface area contributed by atoms with Gasteiger partial charge >= 0.3 is 0 Å². The SMILES string of the molecule is COc1ccc(OCCNS(=O)(=O)c2ccc(N)cc2)c(C(C)(C)C)c1. The first-order chi connectivity index (χ1) is 12.1. The predicted octanol–water partition coefficient (Wildman–Crippen LogP) is 2.93. The number of benzene rings is 2. The molecule has 3 N–H and O–H groups in total. The lowest BCUT2D eigenvalue weighted by Gasteiger charge is -2.23. The van der Waals surface area contributed by atoms with Crippen molar-refractivity contribution in [2.45, 2.75) is 31.1 Å². The third-order valence-electron chi connectivity index (χ3n) is 3.84. The van der Waals surface area contributed by atoms with Gasteiger partial charge in [-0.05, 0) is 47.9 Å². The predicted molar refractivity (Wildman–Crippen MR) is 103 cm³/mol. The molecule has 0 saturated heterocycles. The molecular weight excluding hydrogens is 352 g/mol. The molecule has 0 atom stereocenters. The van der Waals surface area contributed by atoms with Crippen molar-refractivity contribution in [2.24, 2.45) is 0 Å². The van der Waals surface area contributed by atoms with Crippen molar-refractivity contribution >= 4 is 15.7 Å². The molecule has 0 aliphatic carbocycles. The number of hydrogen-bond acceptors (Lipinski definition) is 5. The van der Waals surface area contributed by atoms with Gasteiger partial charge in [0.05, 0.1) is 12.0 Å². The van der Waals surface area contributed by atoms with Gasteiger partial charge in [-0.25, -0.2) is 13.1 Å². The van der Waals surface area contributed by atoms with Crippen LogP contribution in [0.5, 0.6) is 11.5 Å². The molecule has 7 heteroatoms. The standard InChI is InChI=1S/C19H26N2O4S/c1-19(2,3)17-13-15(24-4)7-10-18(17)25-12-11-21-26(22,23)16-8-5-14(20)6-9-16/h5-10,13,21H,11-12,20H2,1-4H3.